The van der Waals surface area contributed by atoms with Crippen molar-refractivity contribution in [2.75, 3.05) is 5.33 Å². The van der Waals surface area contributed by atoms with Crippen LogP contribution in [-0.4, -0.2) is 14.9 Å². The summed E-state index contributed by atoms with van der Waals surface area (Å²) in [6.07, 6.45) is 1.54. The second-order valence-electron chi connectivity index (χ2n) is 4.09. The summed E-state index contributed by atoms with van der Waals surface area (Å²) in [5.74, 6) is 0. The Morgan fingerprint density at radius 2 is 2.13 bits per heavy atom. The number of rotatable bonds is 3. The van der Waals surface area contributed by atoms with Crippen LogP contribution in [0.15, 0.2) is 6.33 Å². The Hall–Kier alpha value is -1.33. The van der Waals surface area contributed by atoms with Gasteiger partial charge in [0.25, 0.3) is 0 Å². The molecule has 0 atom stereocenters. The van der Waals surface area contributed by atoms with E-state index in [2.05, 4.69) is 34.8 Å². The van der Waals surface area contributed by atoms with Gasteiger partial charge in [-0.05, 0) is 5.41 Å². The molecule has 0 aliphatic heterocycles. The van der Waals surface area contributed by atoms with Crippen LogP contribution in [-0.2, 0) is 6.54 Å². The number of halogens is 1. The van der Waals surface area contributed by atoms with Gasteiger partial charge < -0.3 is 4.57 Å². The van der Waals surface area contributed by atoms with Gasteiger partial charge in [-0.2, -0.15) is 10.5 Å². The molecular weight excluding hydrogens is 256 g/mol. The normalized spacial score (nSPS) is 10.7. The van der Waals surface area contributed by atoms with E-state index < -0.39 is 0 Å². The lowest BCUT2D eigenvalue weighted by molar-refractivity contribution is 0.353. The minimum atomic E-state index is 0.0268. The number of nitrogens with zero attached hydrogens (tertiary/aromatic N) is 4. The Balaban J connectivity index is 3.03. The van der Waals surface area contributed by atoms with E-state index in [0.29, 0.717) is 12.2 Å². The number of alkyl halides is 1. The highest BCUT2D eigenvalue weighted by Gasteiger charge is 2.20. The van der Waals surface area contributed by atoms with Crippen LogP contribution in [0.4, 0.5) is 0 Å². The molecular formula is C10H11BrN4. The second-order valence-corrected chi connectivity index (χ2v) is 4.65. The highest BCUT2D eigenvalue weighted by Crippen LogP contribution is 2.22. The number of hydrogen-bond acceptors (Lipinski definition) is 3. The molecule has 1 heterocycles. The third-order valence-corrected chi connectivity index (χ3v) is 3.53. The van der Waals surface area contributed by atoms with Gasteiger partial charge in [0.1, 0.15) is 12.1 Å². The monoisotopic (exact) mass is 266 g/mol. The van der Waals surface area contributed by atoms with E-state index in [9.17, 15) is 0 Å². The molecule has 0 spiro atoms. The summed E-state index contributed by atoms with van der Waals surface area (Å²) >= 11 is 3.42. The molecule has 4 nitrogen and oxygen atoms in total. The van der Waals surface area contributed by atoms with Gasteiger partial charge in [0, 0.05) is 11.9 Å². The van der Waals surface area contributed by atoms with Crippen molar-refractivity contribution in [1.82, 2.24) is 9.55 Å². The molecule has 0 aromatic carbocycles. The van der Waals surface area contributed by atoms with Gasteiger partial charge in [0.05, 0.1) is 6.33 Å². The molecule has 0 aliphatic rings. The first-order valence-electron chi connectivity index (χ1n) is 4.45. The summed E-state index contributed by atoms with van der Waals surface area (Å²) in [7, 11) is 0. The van der Waals surface area contributed by atoms with Gasteiger partial charge in [-0.25, -0.2) is 4.98 Å². The summed E-state index contributed by atoms with van der Waals surface area (Å²) in [5, 5.41) is 18.5. The van der Waals surface area contributed by atoms with E-state index in [-0.39, 0.29) is 11.1 Å². The third-order valence-electron chi connectivity index (χ3n) is 2.01. The Morgan fingerprint density at radius 1 is 1.47 bits per heavy atom. The van der Waals surface area contributed by atoms with Crippen molar-refractivity contribution in [2.45, 2.75) is 20.4 Å². The summed E-state index contributed by atoms with van der Waals surface area (Å²) in [6.45, 7) is 4.82. The Morgan fingerprint density at radius 3 is 2.60 bits per heavy atom. The number of nitriles is 2. The molecule has 0 unspecified atom stereocenters. The maximum absolute atomic E-state index is 8.92. The van der Waals surface area contributed by atoms with Crippen LogP contribution in [0.25, 0.3) is 0 Å². The molecule has 1 aromatic heterocycles. The fourth-order valence-electron chi connectivity index (χ4n) is 1.20. The topological polar surface area (TPSA) is 65.4 Å². The van der Waals surface area contributed by atoms with E-state index in [4.69, 9.17) is 10.5 Å². The minimum Gasteiger partial charge on any atom is -0.321 e. The van der Waals surface area contributed by atoms with Crippen LogP contribution in [0, 0.1) is 28.1 Å². The van der Waals surface area contributed by atoms with Gasteiger partial charge in [-0.15, -0.1) is 0 Å². The van der Waals surface area contributed by atoms with Crippen molar-refractivity contribution >= 4 is 15.9 Å². The lowest BCUT2D eigenvalue weighted by Crippen LogP contribution is -2.21. The molecule has 0 saturated carbocycles. The van der Waals surface area contributed by atoms with Crippen molar-refractivity contribution in [2.24, 2.45) is 5.41 Å². The zero-order chi connectivity index (χ0) is 11.5. The first-order chi connectivity index (χ1) is 7.04. The van der Waals surface area contributed by atoms with Crippen molar-refractivity contribution in [3.63, 3.8) is 0 Å². The van der Waals surface area contributed by atoms with Crippen LogP contribution in [0.2, 0.25) is 0 Å². The van der Waals surface area contributed by atoms with Gasteiger partial charge in [0.2, 0.25) is 0 Å². The molecule has 0 fully saturated rings. The Kier molecular flexibility index (Phi) is 3.49. The SMILES string of the molecule is CC(C)(CBr)Cn1cnc(C#N)c1C#N. The largest absolute Gasteiger partial charge is 0.321 e. The smallest absolute Gasteiger partial charge is 0.176 e. The number of aromatic nitrogens is 2. The second kappa shape index (κ2) is 4.46. The van der Waals surface area contributed by atoms with Crippen LogP contribution in [0.5, 0.6) is 0 Å². The van der Waals surface area contributed by atoms with Crippen LogP contribution < -0.4 is 0 Å². The van der Waals surface area contributed by atoms with Gasteiger partial charge in [-0.1, -0.05) is 29.8 Å². The van der Waals surface area contributed by atoms with Crippen LogP contribution in [0.1, 0.15) is 25.2 Å². The molecule has 0 bridgehead atoms. The Bertz CT molecular complexity index is 433. The van der Waals surface area contributed by atoms with E-state index >= 15 is 0 Å². The third kappa shape index (κ3) is 2.57. The molecule has 15 heavy (non-hydrogen) atoms. The van der Waals surface area contributed by atoms with Crippen molar-refractivity contribution in [3.8, 4) is 12.1 Å². The molecule has 0 N–H and O–H groups in total. The highest BCUT2D eigenvalue weighted by molar-refractivity contribution is 9.09. The van der Waals surface area contributed by atoms with E-state index in [1.165, 1.54) is 0 Å². The quantitative estimate of drug-likeness (QED) is 0.787. The highest BCUT2D eigenvalue weighted by atomic mass is 79.9. The predicted octanol–water partition coefficient (Wildman–Crippen LogP) is 2.05. The number of hydrogen-bond donors (Lipinski definition) is 0. The van der Waals surface area contributed by atoms with Crippen molar-refractivity contribution in [1.29, 1.82) is 10.5 Å². The van der Waals surface area contributed by atoms with E-state index in [1.54, 1.807) is 10.9 Å². The first-order valence-corrected chi connectivity index (χ1v) is 5.57. The fourth-order valence-corrected chi connectivity index (χ4v) is 1.38. The molecule has 0 saturated heterocycles. The van der Waals surface area contributed by atoms with Crippen molar-refractivity contribution < 1.29 is 0 Å². The molecule has 1 aromatic rings. The van der Waals surface area contributed by atoms with Gasteiger partial charge in [-0.3, -0.25) is 0 Å². The molecule has 1 rings (SSSR count). The molecule has 78 valence electrons. The summed E-state index contributed by atoms with van der Waals surface area (Å²) in [4.78, 5) is 3.89. The lowest BCUT2D eigenvalue weighted by Gasteiger charge is -2.22. The molecule has 5 heteroatoms. The van der Waals surface area contributed by atoms with Crippen LogP contribution >= 0.6 is 15.9 Å². The van der Waals surface area contributed by atoms with E-state index in [0.717, 1.165) is 5.33 Å². The Labute approximate surface area is 97.3 Å². The van der Waals surface area contributed by atoms with Crippen LogP contribution in [0.3, 0.4) is 0 Å². The van der Waals surface area contributed by atoms with Gasteiger partial charge >= 0.3 is 0 Å². The molecule has 0 amide bonds. The lowest BCUT2D eigenvalue weighted by atomic mass is 9.96. The van der Waals surface area contributed by atoms with Gasteiger partial charge in [0.15, 0.2) is 11.4 Å². The summed E-state index contributed by atoms with van der Waals surface area (Å²) in [6, 6.07) is 3.91. The standard InChI is InChI=1S/C10H11BrN4/c1-10(2,5-11)6-15-7-14-8(3-12)9(15)4-13/h7H,5-6H2,1-2H3. The fraction of sp³-hybridized carbons (Fsp3) is 0.500. The minimum absolute atomic E-state index is 0.0268. The first kappa shape index (κ1) is 11.7. The summed E-state index contributed by atoms with van der Waals surface area (Å²) in [5.41, 5.74) is 0.563. The average molecular weight is 267 g/mol. The zero-order valence-electron chi connectivity index (χ0n) is 8.66. The average Bonchev–Trinajstić information content (AvgIpc) is 2.59. The molecule has 0 aliphatic carbocycles. The van der Waals surface area contributed by atoms with Crippen molar-refractivity contribution in [3.05, 3.63) is 17.7 Å². The zero-order valence-corrected chi connectivity index (χ0v) is 10.2. The summed E-state index contributed by atoms with van der Waals surface area (Å²) < 4.78 is 1.72. The van der Waals surface area contributed by atoms with E-state index in [1.807, 2.05) is 12.1 Å². The molecule has 0 radical (unpaired) electrons. The number of imidazole rings is 1. The maximum Gasteiger partial charge on any atom is 0.176 e. The predicted molar refractivity (Wildman–Crippen MR) is 59.2 cm³/mol. The maximum atomic E-state index is 8.92.